The third-order valence-corrected chi connectivity index (χ3v) is 15.3. The summed E-state index contributed by atoms with van der Waals surface area (Å²) in [5.41, 5.74) is 9.59. The Morgan fingerprint density at radius 3 is 2.46 bits per heavy atom. The number of nitrogens with one attached hydrogen (secondary N) is 3. The first-order chi connectivity index (χ1) is 33.0. The number of H-pyrrole nitrogens is 1. The molecule has 14 nitrogen and oxygen atoms in total. The zero-order valence-corrected chi connectivity index (χ0v) is 39.6. The van der Waals surface area contributed by atoms with Crippen molar-refractivity contribution in [3.8, 4) is 11.1 Å². The van der Waals surface area contributed by atoms with E-state index >= 15 is 4.39 Å². The van der Waals surface area contributed by atoms with Gasteiger partial charge >= 0.3 is 0 Å². The maximum atomic E-state index is 15.4. The second-order valence-corrected chi connectivity index (χ2v) is 19.5. The quantitative estimate of drug-likeness (QED) is 0.105. The molecule has 3 aromatic carbocycles. The number of carbonyl (C=O) groups is 3. The van der Waals surface area contributed by atoms with Crippen molar-refractivity contribution in [3.63, 3.8) is 0 Å². The van der Waals surface area contributed by atoms with Crippen molar-refractivity contribution >= 4 is 51.2 Å². The largest absolute Gasteiger partial charge is 0.377 e. The van der Waals surface area contributed by atoms with Crippen LogP contribution in [0.1, 0.15) is 91.8 Å². The number of anilines is 2. The number of piperazine rings is 1. The third-order valence-electron chi connectivity index (χ3n) is 15.3. The highest BCUT2D eigenvalue weighted by Crippen LogP contribution is 2.37. The maximum Gasteiger partial charge on any atom is 0.253 e. The van der Waals surface area contributed by atoms with Gasteiger partial charge in [0.15, 0.2) is 0 Å². The highest BCUT2D eigenvalue weighted by atomic mass is 19.1. The molecule has 356 valence electrons. The monoisotopic (exact) mass is 923 g/mol. The Morgan fingerprint density at radius 2 is 1.72 bits per heavy atom. The standard InChI is InChI=1S/C53H63FN10O4/c1-33-30-64(47-13-10-40(28-43(47)54)56-45-12-14-50(65)59-52(45)66)26-25-63(33)31-35-16-21-62(22-17-35)53(67)38-7-5-36(6-8-38)37-18-23-61(24-19-37)34(2)48-29-42-41(15-20-55-51(42)60(48)3)39-9-11-44-46(27-39)58-49(57-44)32-68-4/h5-11,13,15,20,27-29,33-35,37,45,56H,12,14,16-19,21-26,30-32H2,1-4H3,(H,57,58)(H,59,65,66)/t33-,34+,45+/m1/s1. The van der Waals surface area contributed by atoms with Gasteiger partial charge < -0.3 is 29.4 Å². The Kier molecular flexibility index (Phi) is 13.0. The summed E-state index contributed by atoms with van der Waals surface area (Å²) < 4.78 is 22.9. The van der Waals surface area contributed by atoms with E-state index < -0.39 is 6.04 Å². The van der Waals surface area contributed by atoms with Crippen molar-refractivity contribution in [2.24, 2.45) is 13.0 Å². The first-order valence-corrected chi connectivity index (χ1v) is 24.4. The average Bonchev–Trinajstić information content (AvgIpc) is 3.92. The van der Waals surface area contributed by atoms with E-state index in [1.165, 1.54) is 17.3 Å². The maximum absolute atomic E-state index is 15.4. The second kappa shape index (κ2) is 19.4. The van der Waals surface area contributed by atoms with E-state index in [4.69, 9.17) is 9.72 Å². The number of methoxy groups -OCH3 is 1. The van der Waals surface area contributed by atoms with Gasteiger partial charge in [0.05, 0.1) is 16.7 Å². The number of hydrogen-bond donors (Lipinski definition) is 3. The number of rotatable bonds is 12. The van der Waals surface area contributed by atoms with E-state index in [1.807, 2.05) is 23.2 Å². The van der Waals surface area contributed by atoms with Crippen molar-refractivity contribution in [2.45, 2.75) is 83.0 Å². The molecule has 4 saturated heterocycles. The smallest absolute Gasteiger partial charge is 0.253 e. The Balaban J connectivity index is 0.684. The molecular weight excluding hydrogens is 860 g/mol. The van der Waals surface area contributed by atoms with Crippen LogP contribution in [0.25, 0.3) is 33.2 Å². The van der Waals surface area contributed by atoms with Gasteiger partial charge in [0.2, 0.25) is 11.8 Å². The summed E-state index contributed by atoms with van der Waals surface area (Å²) in [5, 5.41) is 6.56. The summed E-state index contributed by atoms with van der Waals surface area (Å²) in [6, 6.07) is 24.2. The minimum absolute atomic E-state index is 0.117. The number of nitrogens with zero attached hydrogens (tertiary/aromatic N) is 7. The molecule has 7 heterocycles. The molecule has 68 heavy (non-hydrogen) atoms. The van der Waals surface area contributed by atoms with Gasteiger partial charge in [-0.3, -0.25) is 29.5 Å². The predicted molar refractivity (Wildman–Crippen MR) is 263 cm³/mol. The first kappa shape index (κ1) is 45.6. The molecule has 0 spiro atoms. The topological polar surface area (TPSA) is 144 Å². The lowest BCUT2D eigenvalue weighted by molar-refractivity contribution is -0.133. The summed E-state index contributed by atoms with van der Waals surface area (Å²) in [7, 11) is 3.81. The number of fused-ring (bicyclic) bond motifs is 2. The molecule has 0 bridgehead atoms. The van der Waals surface area contributed by atoms with Crippen LogP contribution in [-0.2, 0) is 28.0 Å². The Bertz CT molecular complexity index is 2810. The number of pyridine rings is 1. The number of amides is 3. The molecule has 0 aliphatic carbocycles. The van der Waals surface area contributed by atoms with Crippen LogP contribution in [0, 0.1) is 11.7 Å². The zero-order chi connectivity index (χ0) is 47.1. The fraction of sp³-hybridized carbons (Fsp3) is 0.453. The molecule has 3 N–H and O–H groups in total. The van der Waals surface area contributed by atoms with Gasteiger partial charge in [-0.2, -0.15) is 0 Å². The summed E-state index contributed by atoms with van der Waals surface area (Å²) in [6.07, 6.45) is 6.63. The van der Waals surface area contributed by atoms with Gasteiger partial charge in [0.1, 0.15) is 29.9 Å². The number of imidazole rings is 1. The van der Waals surface area contributed by atoms with E-state index in [0.29, 0.717) is 36.2 Å². The summed E-state index contributed by atoms with van der Waals surface area (Å²) in [5.74, 6) is 0.916. The second-order valence-electron chi connectivity index (χ2n) is 19.5. The summed E-state index contributed by atoms with van der Waals surface area (Å²) in [4.78, 5) is 59.5. The molecule has 0 radical (unpaired) electrons. The highest BCUT2D eigenvalue weighted by Gasteiger charge is 2.32. The Hall–Kier alpha value is -6.16. The van der Waals surface area contributed by atoms with Crippen molar-refractivity contribution in [1.29, 1.82) is 0 Å². The number of aromatic amines is 1. The minimum atomic E-state index is -0.556. The normalized spacial score (nSPS) is 20.9. The number of piperidine rings is 3. The molecule has 6 aromatic rings. The van der Waals surface area contributed by atoms with Crippen LogP contribution >= 0.6 is 0 Å². The zero-order valence-electron chi connectivity index (χ0n) is 39.6. The van der Waals surface area contributed by atoms with Gasteiger partial charge in [-0.25, -0.2) is 14.4 Å². The van der Waals surface area contributed by atoms with Crippen molar-refractivity contribution < 1.29 is 23.5 Å². The molecule has 10 rings (SSSR count). The van der Waals surface area contributed by atoms with E-state index in [1.54, 1.807) is 19.2 Å². The van der Waals surface area contributed by atoms with Gasteiger partial charge in [-0.15, -0.1) is 0 Å². The lowest BCUT2D eigenvalue weighted by Gasteiger charge is -2.43. The predicted octanol–water partition coefficient (Wildman–Crippen LogP) is 7.62. The first-order valence-electron chi connectivity index (χ1n) is 24.4. The number of carbonyl (C=O) groups excluding carboxylic acids is 3. The molecule has 4 aliphatic rings. The van der Waals surface area contributed by atoms with Crippen LogP contribution < -0.4 is 15.5 Å². The van der Waals surface area contributed by atoms with E-state index in [-0.39, 0.29) is 42.0 Å². The molecule has 15 heteroatoms. The highest BCUT2D eigenvalue weighted by molar-refractivity contribution is 6.01. The molecule has 3 amide bonds. The summed E-state index contributed by atoms with van der Waals surface area (Å²) in [6.45, 7) is 11.7. The number of halogens is 1. The lowest BCUT2D eigenvalue weighted by atomic mass is 9.88. The molecule has 0 saturated carbocycles. The van der Waals surface area contributed by atoms with E-state index in [9.17, 15) is 14.4 Å². The van der Waals surface area contributed by atoms with E-state index in [2.05, 4.69) is 103 Å². The van der Waals surface area contributed by atoms with Crippen LogP contribution in [-0.4, -0.2) is 123 Å². The number of likely N-dealkylation sites (tertiary alicyclic amines) is 2. The Labute approximate surface area is 397 Å². The van der Waals surface area contributed by atoms with Crippen LogP contribution in [0.2, 0.25) is 0 Å². The number of hydrogen-bond acceptors (Lipinski definition) is 10. The molecule has 0 unspecified atom stereocenters. The fourth-order valence-corrected chi connectivity index (χ4v) is 11.2. The molecule has 4 fully saturated rings. The van der Waals surface area contributed by atoms with Crippen molar-refractivity contribution in [1.82, 2.24) is 39.5 Å². The number of aryl methyl sites for hydroxylation is 1. The van der Waals surface area contributed by atoms with Crippen molar-refractivity contribution in [2.75, 3.05) is 69.7 Å². The van der Waals surface area contributed by atoms with Crippen LogP contribution in [0.5, 0.6) is 0 Å². The van der Waals surface area contributed by atoms with Crippen LogP contribution in [0.4, 0.5) is 15.8 Å². The average molecular weight is 923 g/mol. The Morgan fingerprint density at radius 1 is 0.926 bits per heavy atom. The number of aromatic nitrogens is 4. The number of ether oxygens (including phenoxy) is 1. The number of benzene rings is 3. The van der Waals surface area contributed by atoms with Crippen LogP contribution in [0.15, 0.2) is 79.0 Å². The lowest BCUT2D eigenvalue weighted by Crippen LogP contribution is -2.54. The van der Waals surface area contributed by atoms with Crippen molar-refractivity contribution in [3.05, 3.63) is 107 Å². The number of imide groups is 1. The van der Waals surface area contributed by atoms with E-state index in [0.717, 1.165) is 123 Å². The fourth-order valence-electron chi connectivity index (χ4n) is 11.2. The van der Waals surface area contributed by atoms with Crippen LogP contribution in [0.3, 0.4) is 0 Å². The van der Waals surface area contributed by atoms with Gasteiger partial charge in [-0.05, 0) is 142 Å². The van der Waals surface area contributed by atoms with Gasteiger partial charge in [0, 0.05) is 100 Å². The summed E-state index contributed by atoms with van der Waals surface area (Å²) >= 11 is 0. The third kappa shape index (κ3) is 9.35. The van der Waals surface area contributed by atoms with Gasteiger partial charge in [0.25, 0.3) is 5.91 Å². The minimum Gasteiger partial charge on any atom is -0.377 e. The molecule has 4 aliphatic heterocycles. The van der Waals surface area contributed by atoms with Gasteiger partial charge in [-0.1, -0.05) is 18.2 Å². The molecule has 3 aromatic heterocycles. The molecular formula is C53H63FN10O4. The molecule has 3 atom stereocenters. The SMILES string of the molecule is COCc1nc2ccc(-c3ccnc4c3cc([C@H](C)N3CCC(c5ccc(C(=O)N6CCC(CN7CCN(c8ccc(N[C@H]9CCC(=O)NC9=O)cc8F)C[C@H]7C)CC6)cc5)CC3)n4C)cc2[nH]1.